The summed E-state index contributed by atoms with van der Waals surface area (Å²) in [7, 11) is 6.73. The molecule has 6 aromatic carbocycles. The molecule has 2 heterocycles. The van der Waals surface area contributed by atoms with Gasteiger partial charge in [0.25, 0.3) is 0 Å². The predicted molar refractivity (Wildman–Crippen MR) is 176 cm³/mol. The molecule has 0 bridgehead atoms. The van der Waals surface area contributed by atoms with Crippen LogP contribution >= 0.6 is 0 Å². The first-order valence-corrected chi connectivity index (χ1v) is 13.8. The number of benzene rings is 6. The van der Waals surface area contributed by atoms with E-state index in [1.807, 2.05) is 6.07 Å². The van der Waals surface area contributed by atoms with Crippen molar-refractivity contribution in [3.63, 3.8) is 0 Å². The molecule has 0 amide bonds. The molecule has 0 spiro atoms. The van der Waals surface area contributed by atoms with E-state index in [2.05, 4.69) is 137 Å². The first kappa shape index (κ1) is 23.2. The van der Waals surface area contributed by atoms with E-state index in [-0.39, 0.29) is 5.11 Å². The highest BCUT2D eigenvalue weighted by Crippen LogP contribution is 2.46. The summed E-state index contributed by atoms with van der Waals surface area (Å²) in [5, 5.41) is 6.98. The smallest absolute Gasteiger partial charge is 0.136 e. The van der Waals surface area contributed by atoms with Gasteiger partial charge < -0.3 is 4.42 Å². The summed E-state index contributed by atoms with van der Waals surface area (Å²) < 4.78 is 8.71. The molecule has 8 aromatic rings. The molecule has 186 valence electrons. The van der Waals surface area contributed by atoms with Gasteiger partial charge in [-0.2, -0.15) is 0 Å². The van der Waals surface area contributed by atoms with Crippen molar-refractivity contribution in [1.29, 1.82) is 0 Å². The fourth-order valence-corrected chi connectivity index (χ4v) is 6.37. The van der Waals surface area contributed by atoms with Crippen molar-refractivity contribution in [1.82, 2.24) is 9.55 Å². The fourth-order valence-electron chi connectivity index (χ4n) is 6.37. The van der Waals surface area contributed by atoms with Crippen LogP contribution in [0.5, 0.6) is 0 Å². The third-order valence-corrected chi connectivity index (χ3v) is 8.03. The predicted octanol–water partition coefficient (Wildman–Crippen LogP) is 5.91. The van der Waals surface area contributed by atoms with Crippen molar-refractivity contribution in [3.05, 3.63) is 121 Å². The molecule has 3 nitrogen and oxygen atoms in total. The summed E-state index contributed by atoms with van der Waals surface area (Å²) in [6.07, 6.45) is 0. The van der Waals surface area contributed by atoms with E-state index < -0.39 is 0 Å². The van der Waals surface area contributed by atoms with Gasteiger partial charge in [-0.3, -0.25) is 4.57 Å². The Bertz CT molecular complexity index is 2220. The highest BCUT2D eigenvalue weighted by atomic mass is 16.3. The van der Waals surface area contributed by atoms with Gasteiger partial charge in [0.1, 0.15) is 11.2 Å². The van der Waals surface area contributed by atoms with E-state index >= 15 is 0 Å². The zero-order valence-electron chi connectivity index (χ0n) is 22.8. The lowest BCUT2D eigenvalue weighted by Crippen LogP contribution is -2.31. The van der Waals surface area contributed by atoms with Gasteiger partial charge in [0.2, 0.25) is 0 Å². The Hall–Kier alpha value is -4.70. The van der Waals surface area contributed by atoms with Gasteiger partial charge >= 0.3 is 0 Å². The molecular weight excluding hydrogens is 485 g/mol. The molecule has 0 fully saturated rings. The summed E-state index contributed by atoms with van der Waals surface area (Å²) in [5.74, 6) is 1.06. The van der Waals surface area contributed by atoms with Crippen LogP contribution in [0.15, 0.2) is 120 Å². The molecular formula is C34H25B3N2O. The maximum absolute atomic E-state index is 6.31. The standard InChI is InChI=1S/C34H25B3N2O/c35-34(36,37)33-38-26-16-6-7-17-27(26)39(33)32-22-12-3-1-10-20(22)30(21-11-2-4-13-23(21)32)25-15-9-19-29-31(25)24-14-5-8-18-28(24)40-29/h1-19H,35-37H2. The lowest BCUT2D eigenvalue weighted by atomic mass is 9.42. The average molecular weight is 510 g/mol. The number of para-hydroxylation sites is 3. The Morgan fingerprint density at radius 1 is 0.575 bits per heavy atom. The van der Waals surface area contributed by atoms with Crippen LogP contribution in [0.4, 0.5) is 0 Å². The Morgan fingerprint density at radius 3 is 1.85 bits per heavy atom. The number of hydrogen-bond acceptors (Lipinski definition) is 2. The molecule has 0 radical (unpaired) electrons. The van der Waals surface area contributed by atoms with Crippen LogP contribution in [0.3, 0.4) is 0 Å². The highest BCUT2D eigenvalue weighted by Gasteiger charge is 2.27. The number of nitrogens with zero attached hydrogens (tertiary/aromatic N) is 2. The van der Waals surface area contributed by atoms with Crippen LogP contribution in [0.2, 0.25) is 0 Å². The van der Waals surface area contributed by atoms with Gasteiger partial charge in [-0.25, -0.2) is 4.98 Å². The molecule has 0 saturated heterocycles. The van der Waals surface area contributed by atoms with Crippen LogP contribution in [-0.2, 0) is 5.11 Å². The van der Waals surface area contributed by atoms with Gasteiger partial charge in [-0.15, -0.1) is 0 Å². The van der Waals surface area contributed by atoms with E-state index in [9.17, 15) is 0 Å². The van der Waals surface area contributed by atoms with Crippen molar-refractivity contribution < 1.29 is 4.42 Å². The minimum Gasteiger partial charge on any atom is -0.456 e. The largest absolute Gasteiger partial charge is 0.456 e. The van der Waals surface area contributed by atoms with Gasteiger partial charge in [-0.05, 0) is 46.2 Å². The quantitative estimate of drug-likeness (QED) is 0.219. The molecule has 2 aromatic heterocycles. The van der Waals surface area contributed by atoms with Crippen LogP contribution in [0.25, 0.3) is 71.3 Å². The minimum atomic E-state index is -0.152. The number of furan rings is 1. The van der Waals surface area contributed by atoms with Gasteiger partial charge in [0.05, 0.1) is 46.1 Å². The molecule has 0 aliphatic carbocycles. The number of imidazole rings is 1. The summed E-state index contributed by atoms with van der Waals surface area (Å²) >= 11 is 0. The molecule has 8 rings (SSSR count). The maximum Gasteiger partial charge on any atom is 0.136 e. The van der Waals surface area contributed by atoms with Crippen molar-refractivity contribution >= 4 is 78.1 Å². The van der Waals surface area contributed by atoms with Crippen molar-refractivity contribution in [2.24, 2.45) is 0 Å². The molecule has 0 atom stereocenters. The van der Waals surface area contributed by atoms with E-state index in [1.165, 1.54) is 38.4 Å². The summed E-state index contributed by atoms with van der Waals surface area (Å²) in [6, 6.07) is 40.9. The number of aromatic nitrogens is 2. The second kappa shape index (κ2) is 8.40. The molecule has 40 heavy (non-hydrogen) atoms. The Kier molecular flexibility index (Phi) is 4.88. The second-order valence-electron chi connectivity index (χ2n) is 11.6. The second-order valence-corrected chi connectivity index (χ2v) is 11.6. The molecule has 0 aliphatic heterocycles. The lowest BCUT2D eigenvalue weighted by Gasteiger charge is -2.24. The van der Waals surface area contributed by atoms with Crippen LogP contribution < -0.4 is 0 Å². The number of hydrogen-bond donors (Lipinski definition) is 0. The van der Waals surface area contributed by atoms with Crippen LogP contribution in [0, 0.1) is 0 Å². The molecule has 0 N–H and O–H groups in total. The molecule has 6 heteroatoms. The normalized spacial score (nSPS) is 12.3. The fraction of sp³-hybridized carbons (Fsp3) is 0.0294. The molecule has 0 unspecified atom stereocenters. The van der Waals surface area contributed by atoms with E-state index in [0.29, 0.717) is 0 Å². The summed E-state index contributed by atoms with van der Waals surface area (Å²) in [4.78, 5) is 5.17. The van der Waals surface area contributed by atoms with Gasteiger partial charge in [-0.1, -0.05) is 96.1 Å². The third-order valence-electron chi connectivity index (χ3n) is 8.03. The maximum atomic E-state index is 6.31. The summed E-state index contributed by atoms with van der Waals surface area (Å²) in [5.41, 5.74) is 7.55. The number of rotatable bonds is 3. The minimum absolute atomic E-state index is 0.152. The highest BCUT2D eigenvalue weighted by molar-refractivity contribution is 6.58. The first-order chi connectivity index (χ1) is 19.5. The van der Waals surface area contributed by atoms with E-state index in [1.54, 1.807) is 0 Å². The Labute approximate surface area is 234 Å². The zero-order chi connectivity index (χ0) is 27.0. The SMILES string of the molecule is BC(B)(B)c1nc2ccccc2n1-c1c2ccccc2c(-c2cccc3oc4ccccc4c23)c2ccccc12. The monoisotopic (exact) mass is 510 g/mol. The Morgan fingerprint density at radius 2 is 1.15 bits per heavy atom. The zero-order valence-corrected chi connectivity index (χ0v) is 22.8. The Balaban J connectivity index is 1.59. The van der Waals surface area contributed by atoms with Crippen molar-refractivity contribution in [2.75, 3.05) is 0 Å². The van der Waals surface area contributed by atoms with Gasteiger partial charge in [0.15, 0.2) is 0 Å². The van der Waals surface area contributed by atoms with Crippen LogP contribution in [-0.4, -0.2) is 33.1 Å². The van der Waals surface area contributed by atoms with Crippen molar-refractivity contribution in [3.8, 4) is 16.8 Å². The topological polar surface area (TPSA) is 31.0 Å². The van der Waals surface area contributed by atoms with Crippen LogP contribution in [0.1, 0.15) is 5.82 Å². The molecule has 0 saturated carbocycles. The summed E-state index contributed by atoms with van der Waals surface area (Å²) in [6.45, 7) is 0. The van der Waals surface area contributed by atoms with Gasteiger partial charge in [0, 0.05) is 21.5 Å². The third kappa shape index (κ3) is 3.26. The first-order valence-electron chi connectivity index (χ1n) is 13.8. The van der Waals surface area contributed by atoms with E-state index in [4.69, 9.17) is 9.40 Å². The van der Waals surface area contributed by atoms with Crippen molar-refractivity contribution in [2.45, 2.75) is 5.11 Å². The van der Waals surface area contributed by atoms with E-state index in [0.717, 1.165) is 38.8 Å². The lowest BCUT2D eigenvalue weighted by molar-refractivity contribution is 0.669. The number of fused-ring (bicyclic) bond motifs is 6. The molecule has 0 aliphatic rings. The average Bonchev–Trinajstić information content (AvgIpc) is 3.55.